The number of carbonyl (C=O) groups excluding carboxylic acids is 2. The molecular weight excluding hydrogens is 307 g/mol. The lowest BCUT2D eigenvalue weighted by molar-refractivity contribution is -0.132. The zero-order valence-corrected chi connectivity index (χ0v) is 14.0. The molecule has 0 spiro atoms. The van der Waals surface area contributed by atoms with Crippen LogP contribution in [-0.4, -0.2) is 35.8 Å². The van der Waals surface area contributed by atoms with E-state index in [9.17, 15) is 14.0 Å². The van der Waals surface area contributed by atoms with Gasteiger partial charge >= 0.3 is 0 Å². The van der Waals surface area contributed by atoms with Crippen LogP contribution in [0.25, 0.3) is 0 Å². The molecule has 2 fully saturated rings. The molecule has 1 aliphatic carbocycles. The summed E-state index contributed by atoms with van der Waals surface area (Å²) in [6, 6.07) is 6.52. The fourth-order valence-electron chi connectivity index (χ4n) is 3.32. The topological polar surface area (TPSA) is 49.4 Å². The Bertz CT molecular complexity index is 576. The van der Waals surface area contributed by atoms with Gasteiger partial charge in [-0.3, -0.25) is 9.59 Å². The number of piperidine rings is 1. The van der Waals surface area contributed by atoms with Crippen molar-refractivity contribution in [2.45, 2.75) is 51.0 Å². The third-order valence-corrected chi connectivity index (χ3v) is 5.21. The number of carbonyl (C=O) groups is 2. The van der Waals surface area contributed by atoms with E-state index in [0.29, 0.717) is 25.9 Å². The van der Waals surface area contributed by atoms with Gasteiger partial charge in [-0.2, -0.15) is 0 Å². The number of amides is 2. The van der Waals surface area contributed by atoms with E-state index in [2.05, 4.69) is 5.32 Å². The lowest BCUT2D eigenvalue weighted by Gasteiger charge is -2.34. The van der Waals surface area contributed by atoms with Gasteiger partial charge in [-0.15, -0.1) is 0 Å². The number of aryl methyl sites for hydroxylation is 1. The van der Waals surface area contributed by atoms with Gasteiger partial charge in [0.15, 0.2) is 0 Å². The number of halogens is 1. The van der Waals surface area contributed by atoms with E-state index in [1.54, 1.807) is 12.1 Å². The first-order valence-electron chi connectivity index (χ1n) is 8.94. The maximum Gasteiger partial charge on any atom is 0.223 e. The molecule has 0 atom stereocenters. The second-order valence-corrected chi connectivity index (χ2v) is 6.92. The Morgan fingerprint density at radius 3 is 2.33 bits per heavy atom. The monoisotopic (exact) mass is 332 g/mol. The van der Waals surface area contributed by atoms with Crippen LogP contribution in [0.1, 0.15) is 44.1 Å². The van der Waals surface area contributed by atoms with Gasteiger partial charge in [0.2, 0.25) is 11.8 Å². The summed E-state index contributed by atoms with van der Waals surface area (Å²) in [5, 5.41) is 3.13. The van der Waals surface area contributed by atoms with Crippen LogP contribution in [0.3, 0.4) is 0 Å². The number of likely N-dealkylation sites (tertiary alicyclic amines) is 1. The fourth-order valence-corrected chi connectivity index (χ4v) is 3.32. The van der Waals surface area contributed by atoms with Gasteiger partial charge in [-0.05, 0) is 49.8 Å². The van der Waals surface area contributed by atoms with Gasteiger partial charge in [0, 0.05) is 31.5 Å². The van der Waals surface area contributed by atoms with Crippen LogP contribution in [0.4, 0.5) is 4.39 Å². The summed E-state index contributed by atoms with van der Waals surface area (Å²) in [6.07, 6.45) is 5.96. The molecule has 0 bridgehead atoms. The highest BCUT2D eigenvalue weighted by molar-refractivity contribution is 5.80. The molecule has 5 heteroatoms. The average molecular weight is 332 g/mol. The predicted molar refractivity (Wildman–Crippen MR) is 89.8 cm³/mol. The van der Waals surface area contributed by atoms with Crippen molar-refractivity contribution in [2.75, 3.05) is 13.1 Å². The summed E-state index contributed by atoms with van der Waals surface area (Å²) < 4.78 is 12.9. The third kappa shape index (κ3) is 4.34. The van der Waals surface area contributed by atoms with Crippen LogP contribution >= 0.6 is 0 Å². The molecule has 130 valence electrons. The Hall–Kier alpha value is -1.91. The minimum atomic E-state index is -0.254. The molecule has 1 aliphatic heterocycles. The molecule has 24 heavy (non-hydrogen) atoms. The highest BCUT2D eigenvalue weighted by Gasteiger charge is 2.29. The number of nitrogens with one attached hydrogen (secondary N) is 1. The summed E-state index contributed by atoms with van der Waals surface area (Å²) in [4.78, 5) is 26.2. The second kappa shape index (κ2) is 7.77. The van der Waals surface area contributed by atoms with Crippen molar-refractivity contribution in [3.8, 4) is 0 Å². The van der Waals surface area contributed by atoms with E-state index in [1.807, 2.05) is 4.90 Å². The molecule has 2 amide bonds. The van der Waals surface area contributed by atoms with Gasteiger partial charge in [0.25, 0.3) is 0 Å². The predicted octanol–water partition coefficient (Wildman–Crippen LogP) is 2.67. The highest BCUT2D eigenvalue weighted by Crippen LogP contribution is 2.26. The van der Waals surface area contributed by atoms with Gasteiger partial charge in [0.05, 0.1) is 0 Å². The van der Waals surface area contributed by atoms with Crippen molar-refractivity contribution in [3.63, 3.8) is 0 Å². The molecule has 0 radical (unpaired) electrons. The van der Waals surface area contributed by atoms with Crippen LogP contribution in [-0.2, 0) is 16.0 Å². The van der Waals surface area contributed by atoms with Crippen LogP contribution in [0.15, 0.2) is 24.3 Å². The van der Waals surface area contributed by atoms with Gasteiger partial charge < -0.3 is 10.2 Å². The molecule has 1 saturated heterocycles. The van der Waals surface area contributed by atoms with Crippen LogP contribution in [0.2, 0.25) is 0 Å². The van der Waals surface area contributed by atoms with E-state index in [4.69, 9.17) is 0 Å². The standard InChI is InChI=1S/C19H25FN2O2/c20-16-7-4-14(5-8-16)6-9-18(23)22-12-10-17(11-13-22)21-19(24)15-2-1-3-15/h4-5,7-8,15,17H,1-3,6,9-13H2,(H,21,24). The smallest absolute Gasteiger partial charge is 0.223 e. The van der Waals surface area contributed by atoms with E-state index < -0.39 is 0 Å². The molecule has 3 rings (SSSR count). The molecule has 2 aliphatic rings. The molecule has 0 aromatic heterocycles. The van der Waals surface area contributed by atoms with E-state index in [1.165, 1.54) is 18.6 Å². The Labute approximate surface area is 142 Å². The van der Waals surface area contributed by atoms with Crippen molar-refractivity contribution < 1.29 is 14.0 Å². The van der Waals surface area contributed by atoms with Crippen molar-refractivity contribution in [1.82, 2.24) is 10.2 Å². The molecule has 1 aromatic rings. The first-order valence-corrected chi connectivity index (χ1v) is 8.94. The van der Waals surface area contributed by atoms with Crippen molar-refractivity contribution in [2.24, 2.45) is 5.92 Å². The zero-order chi connectivity index (χ0) is 16.9. The fraction of sp³-hybridized carbons (Fsp3) is 0.579. The molecule has 4 nitrogen and oxygen atoms in total. The van der Waals surface area contributed by atoms with Crippen molar-refractivity contribution in [1.29, 1.82) is 0 Å². The maximum atomic E-state index is 12.9. The Morgan fingerprint density at radius 2 is 1.75 bits per heavy atom. The Balaban J connectivity index is 1.38. The molecule has 1 aromatic carbocycles. The van der Waals surface area contributed by atoms with Crippen molar-refractivity contribution in [3.05, 3.63) is 35.6 Å². The number of hydrogen-bond acceptors (Lipinski definition) is 2. The number of rotatable bonds is 5. The van der Waals surface area contributed by atoms with E-state index >= 15 is 0 Å². The normalized spacial score (nSPS) is 19.0. The molecule has 1 N–H and O–H groups in total. The maximum absolute atomic E-state index is 12.9. The third-order valence-electron chi connectivity index (χ3n) is 5.21. The van der Waals surface area contributed by atoms with E-state index in [0.717, 1.165) is 31.2 Å². The van der Waals surface area contributed by atoms with Crippen LogP contribution in [0, 0.1) is 11.7 Å². The summed E-state index contributed by atoms with van der Waals surface area (Å²) in [5.41, 5.74) is 0.979. The van der Waals surface area contributed by atoms with Gasteiger partial charge in [-0.25, -0.2) is 4.39 Å². The van der Waals surface area contributed by atoms with Gasteiger partial charge in [-0.1, -0.05) is 18.6 Å². The quantitative estimate of drug-likeness (QED) is 0.901. The summed E-state index contributed by atoms with van der Waals surface area (Å²) in [7, 11) is 0. The van der Waals surface area contributed by atoms with Crippen molar-refractivity contribution >= 4 is 11.8 Å². The Morgan fingerprint density at radius 1 is 1.08 bits per heavy atom. The second-order valence-electron chi connectivity index (χ2n) is 6.92. The molecule has 1 heterocycles. The summed E-state index contributed by atoms with van der Waals surface area (Å²) in [6.45, 7) is 1.41. The summed E-state index contributed by atoms with van der Waals surface area (Å²) in [5.74, 6) is 0.307. The molecule has 0 unspecified atom stereocenters. The Kier molecular flexibility index (Phi) is 5.48. The zero-order valence-electron chi connectivity index (χ0n) is 14.0. The first-order chi connectivity index (χ1) is 11.6. The minimum Gasteiger partial charge on any atom is -0.353 e. The largest absolute Gasteiger partial charge is 0.353 e. The SMILES string of the molecule is O=C(NC1CCN(C(=O)CCc2ccc(F)cc2)CC1)C1CCC1. The number of benzene rings is 1. The van der Waals surface area contributed by atoms with Crippen LogP contribution in [0.5, 0.6) is 0 Å². The highest BCUT2D eigenvalue weighted by atomic mass is 19.1. The number of hydrogen-bond donors (Lipinski definition) is 1. The lowest BCUT2D eigenvalue weighted by atomic mass is 9.84. The minimum absolute atomic E-state index is 0.142. The van der Waals surface area contributed by atoms with Crippen LogP contribution < -0.4 is 5.32 Å². The number of nitrogens with zero attached hydrogens (tertiary/aromatic N) is 1. The lowest BCUT2D eigenvalue weighted by Crippen LogP contribution is -2.48. The molecular formula is C19H25FN2O2. The van der Waals surface area contributed by atoms with E-state index in [-0.39, 0.29) is 29.6 Å². The molecule has 1 saturated carbocycles. The average Bonchev–Trinajstić information content (AvgIpc) is 2.53. The first kappa shape index (κ1) is 16.9. The summed E-state index contributed by atoms with van der Waals surface area (Å²) >= 11 is 0. The van der Waals surface area contributed by atoms with Gasteiger partial charge in [0.1, 0.15) is 5.82 Å².